The van der Waals surface area contributed by atoms with Gasteiger partial charge in [-0.2, -0.15) is 5.10 Å². The molecule has 0 radical (unpaired) electrons. The van der Waals surface area contributed by atoms with Crippen molar-refractivity contribution in [2.75, 3.05) is 20.2 Å². The van der Waals surface area contributed by atoms with E-state index in [2.05, 4.69) is 15.8 Å². The Bertz CT molecular complexity index is 502. The highest BCUT2D eigenvalue weighted by Crippen LogP contribution is 2.25. The molecule has 1 aromatic rings. The van der Waals surface area contributed by atoms with Gasteiger partial charge in [-0.05, 0) is 49.7 Å². The number of phenols is 1. The number of nitrogens with zero attached hydrogens (tertiary/aromatic N) is 1. The number of carbonyl (C=O) groups is 1. The first-order chi connectivity index (χ1) is 9.70. The predicted molar refractivity (Wildman–Crippen MR) is 83.2 cm³/mol. The van der Waals surface area contributed by atoms with Crippen molar-refractivity contribution < 1.29 is 14.6 Å². The minimum absolute atomic E-state index is 0. The molecule has 21 heavy (non-hydrogen) atoms. The molecule has 1 aliphatic heterocycles. The van der Waals surface area contributed by atoms with Crippen molar-refractivity contribution in [2.45, 2.75) is 12.8 Å². The molecule has 0 unspecified atom stereocenters. The molecule has 116 valence electrons. The average Bonchev–Trinajstić information content (AvgIpc) is 2.49. The number of carbonyl (C=O) groups excluding carboxylic acids is 1. The van der Waals surface area contributed by atoms with Crippen LogP contribution < -0.4 is 15.5 Å². The summed E-state index contributed by atoms with van der Waals surface area (Å²) in [6.45, 7) is 1.74. The fourth-order valence-corrected chi connectivity index (χ4v) is 2.12. The second-order valence-electron chi connectivity index (χ2n) is 4.69. The number of ether oxygens (including phenoxy) is 1. The van der Waals surface area contributed by atoms with Crippen molar-refractivity contribution >= 4 is 24.5 Å². The molecule has 0 saturated carbocycles. The molecule has 0 aromatic heterocycles. The van der Waals surface area contributed by atoms with Gasteiger partial charge in [0.25, 0.3) is 0 Å². The van der Waals surface area contributed by atoms with E-state index in [1.54, 1.807) is 12.1 Å². The van der Waals surface area contributed by atoms with Crippen LogP contribution in [-0.2, 0) is 4.79 Å². The highest BCUT2D eigenvalue weighted by atomic mass is 35.5. The first-order valence-corrected chi connectivity index (χ1v) is 6.61. The molecular formula is C14H20ClN3O3. The van der Waals surface area contributed by atoms with Gasteiger partial charge in [-0.15, -0.1) is 12.4 Å². The van der Waals surface area contributed by atoms with Crippen LogP contribution in [0.4, 0.5) is 0 Å². The number of rotatable bonds is 4. The smallest absolute Gasteiger partial charge is 0.243 e. The number of piperidine rings is 1. The van der Waals surface area contributed by atoms with Crippen molar-refractivity contribution in [3.63, 3.8) is 0 Å². The van der Waals surface area contributed by atoms with Gasteiger partial charge >= 0.3 is 0 Å². The number of halogens is 1. The van der Waals surface area contributed by atoms with E-state index in [1.807, 2.05) is 0 Å². The fraction of sp³-hybridized carbons (Fsp3) is 0.429. The van der Waals surface area contributed by atoms with Crippen LogP contribution in [0.2, 0.25) is 0 Å². The lowest BCUT2D eigenvalue weighted by atomic mass is 9.98. The van der Waals surface area contributed by atoms with Gasteiger partial charge in [0.15, 0.2) is 11.5 Å². The average molecular weight is 314 g/mol. The van der Waals surface area contributed by atoms with Crippen molar-refractivity contribution in [3.05, 3.63) is 23.8 Å². The SMILES string of the molecule is COc1cc(/C=N/NC(=O)C2CCNCC2)ccc1O.Cl. The standard InChI is InChI=1S/C14H19N3O3.ClH/c1-20-13-8-10(2-3-12(13)18)9-16-17-14(19)11-4-6-15-7-5-11;/h2-3,8-9,11,15,18H,4-7H2,1H3,(H,17,19);1H/b16-9+;. The van der Waals surface area contributed by atoms with Crippen LogP contribution in [-0.4, -0.2) is 37.4 Å². The van der Waals surface area contributed by atoms with Crippen LogP contribution in [0, 0.1) is 5.92 Å². The fourth-order valence-electron chi connectivity index (χ4n) is 2.12. The molecule has 2 rings (SSSR count). The third-order valence-electron chi connectivity index (χ3n) is 3.30. The molecule has 7 heteroatoms. The molecule has 1 aliphatic rings. The minimum Gasteiger partial charge on any atom is -0.504 e. The maximum atomic E-state index is 11.8. The third-order valence-corrected chi connectivity index (χ3v) is 3.30. The van der Waals surface area contributed by atoms with Gasteiger partial charge in [-0.1, -0.05) is 0 Å². The van der Waals surface area contributed by atoms with Gasteiger partial charge in [-0.3, -0.25) is 4.79 Å². The summed E-state index contributed by atoms with van der Waals surface area (Å²) >= 11 is 0. The van der Waals surface area contributed by atoms with Crippen molar-refractivity contribution in [1.29, 1.82) is 0 Å². The Hall–Kier alpha value is -1.79. The number of amides is 1. The normalized spacial score (nSPS) is 15.5. The summed E-state index contributed by atoms with van der Waals surface area (Å²) in [4.78, 5) is 11.8. The maximum Gasteiger partial charge on any atom is 0.243 e. The number of methoxy groups -OCH3 is 1. The molecule has 6 nitrogen and oxygen atoms in total. The Morgan fingerprint density at radius 1 is 1.48 bits per heavy atom. The quantitative estimate of drug-likeness (QED) is 0.577. The molecule has 0 atom stereocenters. The Morgan fingerprint density at radius 3 is 2.86 bits per heavy atom. The maximum absolute atomic E-state index is 11.8. The lowest BCUT2D eigenvalue weighted by molar-refractivity contribution is -0.125. The molecule has 1 heterocycles. The minimum atomic E-state index is -0.0477. The highest BCUT2D eigenvalue weighted by molar-refractivity contribution is 5.85. The lowest BCUT2D eigenvalue weighted by Gasteiger charge is -2.20. The number of phenolic OH excluding ortho intramolecular Hbond substituents is 1. The van der Waals surface area contributed by atoms with E-state index in [4.69, 9.17) is 4.74 Å². The second kappa shape index (κ2) is 8.49. The number of benzene rings is 1. The molecule has 0 bridgehead atoms. The first kappa shape index (κ1) is 17.3. The van der Waals surface area contributed by atoms with Crippen LogP contribution in [0.3, 0.4) is 0 Å². The van der Waals surface area contributed by atoms with Gasteiger partial charge in [-0.25, -0.2) is 5.43 Å². The van der Waals surface area contributed by atoms with Crippen molar-refractivity contribution in [3.8, 4) is 11.5 Å². The van der Waals surface area contributed by atoms with E-state index < -0.39 is 0 Å². The van der Waals surface area contributed by atoms with Gasteiger partial charge in [0.2, 0.25) is 5.91 Å². The van der Waals surface area contributed by atoms with E-state index in [0.29, 0.717) is 5.75 Å². The zero-order valence-electron chi connectivity index (χ0n) is 11.8. The zero-order valence-corrected chi connectivity index (χ0v) is 12.7. The number of hydrazone groups is 1. The third kappa shape index (κ3) is 4.91. The summed E-state index contributed by atoms with van der Waals surface area (Å²) < 4.78 is 5.00. The monoisotopic (exact) mass is 313 g/mol. The van der Waals surface area contributed by atoms with Crippen LogP contribution in [0.25, 0.3) is 0 Å². The van der Waals surface area contributed by atoms with E-state index in [-0.39, 0.29) is 30.0 Å². The van der Waals surface area contributed by atoms with Crippen LogP contribution >= 0.6 is 12.4 Å². The van der Waals surface area contributed by atoms with E-state index in [0.717, 1.165) is 31.5 Å². The Kier molecular flexibility index (Phi) is 6.98. The number of hydrogen-bond donors (Lipinski definition) is 3. The lowest BCUT2D eigenvalue weighted by Crippen LogP contribution is -2.36. The number of nitrogens with one attached hydrogen (secondary N) is 2. The van der Waals surface area contributed by atoms with Gasteiger partial charge in [0.1, 0.15) is 0 Å². The molecule has 3 N–H and O–H groups in total. The molecule has 0 spiro atoms. The molecule has 1 saturated heterocycles. The van der Waals surface area contributed by atoms with Gasteiger partial charge in [0.05, 0.1) is 13.3 Å². The van der Waals surface area contributed by atoms with E-state index >= 15 is 0 Å². The summed E-state index contributed by atoms with van der Waals surface area (Å²) in [7, 11) is 1.48. The Morgan fingerprint density at radius 2 is 2.19 bits per heavy atom. The van der Waals surface area contributed by atoms with Crippen molar-refractivity contribution in [1.82, 2.24) is 10.7 Å². The van der Waals surface area contributed by atoms with E-state index in [9.17, 15) is 9.90 Å². The molecule has 1 aromatic carbocycles. The summed E-state index contributed by atoms with van der Waals surface area (Å²) in [6.07, 6.45) is 3.21. The summed E-state index contributed by atoms with van der Waals surface area (Å²) in [6, 6.07) is 4.86. The van der Waals surface area contributed by atoms with Crippen LogP contribution in [0.15, 0.2) is 23.3 Å². The van der Waals surface area contributed by atoms with Crippen molar-refractivity contribution in [2.24, 2.45) is 11.0 Å². The zero-order chi connectivity index (χ0) is 14.4. The molecule has 1 amide bonds. The summed E-state index contributed by atoms with van der Waals surface area (Å²) in [5, 5.41) is 16.6. The Balaban J connectivity index is 0.00000220. The highest BCUT2D eigenvalue weighted by Gasteiger charge is 2.20. The number of aromatic hydroxyl groups is 1. The molecule has 0 aliphatic carbocycles. The molecular weight excluding hydrogens is 294 g/mol. The van der Waals surface area contributed by atoms with Crippen LogP contribution in [0.5, 0.6) is 11.5 Å². The van der Waals surface area contributed by atoms with Crippen LogP contribution in [0.1, 0.15) is 18.4 Å². The predicted octanol–water partition coefficient (Wildman–Crippen LogP) is 1.27. The first-order valence-electron chi connectivity index (χ1n) is 6.61. The summed E-state index contributed by atoms with van der Waals surface area (Å²) in [5.41, 5.74) is 3.29. The topological polar surface area (TPSA) is 83.0 Å². The molecule has 1 fully saturated rings. The second-order valence-corrected chi connectivity index (χ2v) is 4.69. The van der Waals surface area contributed by atoms with Gasteiger partial charge < -0.3 is 15.2 Å². The largest absolute Gasteiger partial charge is 0.504 e. The Labute approximate surface area is 130 Å². The number of hydrogen-bond acceptors (Lipinski definition) is 5. The van der Waals surface area contributed by atoms with E-state index in [1.165, 1.54) is 19.4 Å². The van der Waals surface area contributed by atoms with Gasteiger partial charge in [0, 0.05) is 5.92 Å². The summed E-state index contributed by atoms with van der Waals surface area (Å²) in [5.74, 6) is 0.429.